The van der Waals surface area contributed by atoms with Crippen molar-refractivity contribution in [3.8, 4) is 17.2 Å². The molecule has 0 spiro atoms. The molecule has 2 aromatic rings. The Morgan fingerprint density at radius 1 is 1.07 bits per heavy atom. The number of aromatic hydroxyl groups is 1. The Morgan fingerprint density at radius 3 is 2.29 bits per heavy atom. The third kappa shape index (κ3) is 3.23. The van der Waals surface area contributed by atoms with Crippen LogP contribution in [0.25, 0.3) is 0 Å². The number of hydrogen-bond donors (Lipinski definition) is 1. The second kappa shape index (κ2) is 6.51. The molecule has 2 atom stereocenters. The summed E-state index contributed by atoms with van der Waals surface area (Å²) in [6, 6.07) is 2.51. The van der Waals surface area contributed by atoms with Crippen LogP contribution in [0.15, 0.2) is 24.3 Å². The number of hydrogen-bond acceptors (Lipinski definition) is 4. The van der Waals surface area contributed by atoms with Crippen LogP contribution in [0.5, 0.6) is 17.2 Å². The summed E-state index contributed by atoms with van der Waals surface area (Å²) in [5.74, 6) is -2.12. The topological polar surface area (TPSA) is 41.9 Å². The fourth-order valence-corrected chi connectivity index (χ4v) is 3.91. The van der Waals surface area contributed by atoms with Gasteiger partial charge in [-0.25, -0.2) is 8.78 Å². The summed E-state index contributed by atoms with van der Waals surface area (Å²) in [4.78, 5) is 1.02. The first-order valence-corrected chi connectivity index (χ1v) is 8.57. The molecular formula is C19H16F5NO3. The van der Waals surface area contributed by atoms with E-state index >= 15 is 0 Å². The monoisotopic (exact) mass is 401 g/mol. The smallest absolute Gasteiger partial charge is 0.401 e. The fraction of sp³-hybridized carbons (Fsp3) is 0.368. The molecule has 0 fully saturated rings. The number of nitrogens with zero attached hydrogens (tertiary/aromatic N) is 1. The predicted molar refractivity (Wildman–Crippen MR) is 88.4 cm³/mol. The zero-order valence-corrected chi connectivity index (χ0v) is 14.7. The molecule has 4 rings (SSSR count). The molecule has 0 saturated heterocycles. The van der Waals surface area contributed by atoms with Gasteiger partial charge in [0.1, 0.15) is 17.4 Å². The quantitative estimate of drug-likeness (QED) is 0.763. The highest BCUT2D eigenvalue weighted by atomic mass is 19.4. The highest BCUT2D eigenvalue weighted by Crippen LogP contribution is 2.46. The molecule has 9 heteroatoms. The summed E-state index contributed by atoms with van der Waals surface area (Å²) in [5, 5.41) is 9.43. The maximum atomic E-state index is 14.6. The lowest BCUT2D eigenvalue weighted by Gasteiger charge is -2.42. The van der Waals surface area contributed by atoms with Gasteiger partial charge in [-0.15, -0.1) is 0 Å². The van der Waals surface area contributed by atoms with Gasteiger partial charge >= 0.3 is 6.18 Å². The lowest BCUT2D eigenvalue weighted by atomic mass is 9.84. The summed E-state index contributed by atoms with van der Waals surface area (Å²) in [6.45, 7) is 0.196. The average Bonchev–Trinajstić information content (AvgIpc) is 3.01. The van der Waals surface area contributed by atoms with Gasteiger partial charge in [-0.3, -0.25) is 4.90 Å². The molecule has 28 heavy (non-hydrogen) atoms. The minimum absolute atomic E-state index is 0.0351. The van der Waals surface area contributed by atoms with Gasteiger partial charge in [0.2, 0.25) is 6.79 Å². The van der Waals surface area contributed by atoms with Crippen LogP contribution in [-0.2, 0) is 6.42 Å². The van der Waals surface area contributed by atoms with Gasteiger partial charge in [-0.2, -0.15) is 13.2 Å². The first-order valence-electron chi connectivity index (χ1n) is 8.57. The van der Waals surface area contributed by atoms with Gasteiger partial charge in [-0.05, 0) is 36.6 Å². The van der Waals surface area contributed by atoms with E-state index in [1.54, 1.807) is 13.0 Å². The van der Waals surface area contributed by atoms with Crippen molar-refractivity contribution >= 4 is 0 Å². The van der Waals surface area contributed by atoms with Crippen molar-refractivity contribution in [3.05, 3.63) is 52.6 Å². The van der Waals surface area contributed by atoms with E-state index in [0.29, 0.717) is 34.8 Å². The molecule has 2 aliphatic heterocycles. The van der Waals surface area contributed by atoms with E-state index in [0.717, 1.165) is 4.90 Å². The van der Waals surface area contributed by atoms with Gasteiger partial charge in [0, 0.05) is 23.7 Å². The molecule has 0 radical (unpaired) electrons. The second-order valence-electron chi connectivity index (χ2n) is 6.97. The third-order valence-corrected chi connectivity index (χ3v) is 5.04. The van der Waals surface area contributed by atoms with Gasteiger partial charge in [-0.1, -0.05) is 0 Å². The molecule has 2 aliphatic rings. The predicted octanol–water partition coefficient (Wildman–Crippen LogP) is 4.30. The minimum Gasteiger partial charge on any atom is -0.508 e. The first kappa shape index (κ1) is 18.8. The number of phenols is 1. The van der Waals surface area contributed by atoms with E-state index < -0.39 is 47.8 Å². The Bertz CT molecular complexity index is 908. The fourth-order valence-electron chi connectivity index (χ4n) is 3.91. The van der Waals surface area contributed by atoms with Crippen LogP contribution in [0.3, 0.4) is 0 Å². The SMILES string of the molecule is C[C@@H]1Cc2cc3c(cc2[C@@H](c2c(F)cc(O)cc2F)N1CC(F)(F)F)OCO3. The highest BCUT2D eigenvalue weighted by Gasteiger charge is 2.43. The molecule has 2 aromatic carbocycles. The largest absolute Gasteiger partial charge is 0.508 e. The number of phenolic OH excluding ortho intramolecular Hbond substituents is 1. The van der Waals surface area contributed by atoms with Crippen LogP contribution < -0.4 is 9.47 Å². The number of rotatable bonds is 2. The maximum absolute atomic E-state index is 14.6. The molecule has 0 aliphatic carbocycles. The van der Waals surface area contributed by atoms with Crippen molar-refractivity contribution in [3.63, 3.8) is 0 Å². The van der Waals surface area contributed by atoms with Crippen LogP contribution in [0.1, 0.15) is 29.7 Å². The van der Waals surface area contributed by atoms with Crippen LogP contribution in [-0.4, -0.2) is 35.6 Å². The van der Waals surface area contributed by atoms with E-state index in [2.05, 4.69) is 0 Å². The van der Waals surface area contributed by atoms with Crippen molar-refractivity contribution in [1.29, 1.82) is 0 Å². The Balaban J connectivity index is 1.93. The summed E-state index contributed by atoms with van der Waals surface area (Å²) in [6.07, 6.45) is -4.32. The maximum Gasteiger partial charge on any atom is 0.401 e. The zero-order chi connectivity index (χ0) is 20.2. The number of fused-ring (bicyclic) bond motifs is 2. The molecular weight excluding hydrogens is 385 g/mol. The number of ether oxygens (including phenoxy) is 2. The molecule has 0 saturated carbocycles. The molecule has 2 heterocycles. The first-order chi connectivity index (χ1) is 13.1. The number of halogens is 5. The Labute approximate surface area is 157 Å². The third-order valence-electron chi connectivity index (χ3n) is 5.04. The van der Waals surface area contributed by atoms with E-state index in [-0.39, 0.29) is 13.2 Å². The van der Waals surface area contributed by atoms with Crippen LogP contribution >= 0.6 is 0 Å². The molecule has 1 N–H and O–H groups in total. The molecule has 0 aromatic heterocycles. The van der Waals surface area contributed by atoms with Gasteiger partial charge in [0.05, 0.1) is 12.6 Å². The van der Waals surface area contributed by atoms with Gasteiger partial charge in [0.15, 0.2) is 11.5 Å². The normalized spacial score (nSPS) is 21.6. The van der Waals surface area contributed by atoms with Gasteiger partial charge in [0.25, 0.3) is 0 Å². The summed E-state index contributed by atoms with van der Waals surface area (Å²) in [7, 11) is 0. The number of benzene rings is 2. The summed E-state index contributed by atoms with van der Waals surface area (Å²) in [5.41, 5.74) is 0.399. The van der Waals surface area contributed by atoms with Crippen LogP contribution in [0, 0.1) is 11.6 Å². The molecule has 150 valence electrons. The standard InChI is InChI=1S/C19H16F5NO3/c1-9-2-10-3-15-16(28-8-27-15)6-12(10)18(25(9)7-19(22,23)24)17-13(20)4-11(26)5-14(17)21/h3-6,9,18,26H,2,7-8H2,1H3/t9-,18+/m1/s1. The Hall–Kier alpha value is -2.55. The van der Waals surface area contributed by atoms with Crippen molar-refractivity contribution in [1.82, 2.24) is 4.90 Å². The van der Waals surface area contributed by atoms with Crippen LogP contribution in [0.4, 0.5) is 22.0 Å². The molecule has 0 unspecified atom stereocenters. The number of alkyl halides is 3. The average molecular weight is 401 g/mol. The lowest BCUT2D eigenvalue weighted by molar-refractivity contribution is -0.155. The minimum atomic E-state index is -4.57. The Morgan fingerprint density at radius 2 is 1.68 bits per heavy atom. The molecule has 4 nitrogen and oxygen atoms in total. The van der Waals surface area contributed by atoms with Crippen molar-refractivity contribution in [2.75, 3.05) is 13.3 Å². The van der Waals surface area contributed by atoms with Crippen molar-refractivity contribution in [2.24, 2.45) is 0 Å². The summed E-state index contributed by atoms with van der Waals surface area (Å²) >= 11 is 0. The van der Waals surface area contributed by atoms with Crippen molar-refractivity contribution < 1.29 is 36.5 Å². The van der Waals surface area contributed by atoms with Crippen molar-refractivity contribution in [2.45, 2.75) is 31.6 Å². The van der Waals surface area contributed by atoms with Gasteiger partial charge < -0.3 is 14.6 Å². The summed E-state index contributed by atoms with van der Waals surface area (Å²) < 4.78 is 79.6. The van der Waals surface area contributed by atoms with E-state index in [1.807, 2.05) is 0 Å². The van der Waals surface area contributed by atoms with E-state index in [9.17, 15) is 27.1 Å². The van der Waals surface area contributed by atoms with Crippen LogP contribution in [0.2, 0.25) is 0 Å². The lowest BCUT2D eigenvalue weighted by Crippen LogP contribution is -2.47. The van der Waals surface area contributed by atoms with E-state index in [1.165, 1.54) is 6.07 Å². The molecule has 0 bridgehead atoms. The zero-order valence-electron chi connectivity index (χ0n) is 14.7. The highest BCUT2D eigenvalue weighted by molar-refractivity contribution is 5.53. The van der Waals surface area contributed by atoms with E-state index in [4.69, 9.17) is 9.47 Å². The molecule has 0 amide bonds. The Kier molecular flexibility index (Phi) is 4.37. The second-order valence-corrected chi connectivity index (χ2v) is 6.97.